The van der Waals surface area contributed by atoms with Gasteiger partial charge in [-0.3, -0.25) is 9.59 Å². The number of nitrogens with zero attached hydrogens (tertiary/aromatic N) is 1. The summed E-state index contributed by atoms with van der Waals surface area (Å²) in [6, 6.07) is 11.4. The number of hydrogen-bond donors (Lipinski definition) is 2. The van der Waals surface area contributed by atoms with Crippen molar-refractivity contribution in [1.82, 2.24) is 15.6 Å². The predicted molar refractivity (Wildman–Crippen MR) is 106 cm³/mol. The van der Waals surface area contributed by atoms with Gasteiger partial charge in [-0.25, -0.2) is 9.78 Å². The summed E-state index contributed by atoms with van der Waals surface area (Å²) in [5.74, 6) is -1.03. The average Bonchev–Trinajstić information content (AvgIpc) is 3.26. The van der Waals surface area contributed by atoms with Crippen molar-refractivity contribution in [2.45, 2.75) is 19.9 Å². The molecule has 0 unspecified atom stereocenters. The summed E-state index contributed by atoms with van der Waals surface area (Å²) < 4.78 is 10.5. The van der Waals surface area contributed by atoms with Crippen LogP contribution >= 0.6 is 0 Å². The number of pyridine rings is 1. The van der Waals surface area contributed by atoms with Crippen LogP contribution in [0.3, 0.4) is 0 Å². The van der Waals surface area contributed by atoms with Crippen LogP contribution in [0.5, 0.6) is 0 Å². The van der Waals surface area contributed by atoms with Gasteiger partial charge in [-0.1, -0.05) is 18.2 Å². The maximum atomic E-state index is 12.7. The summed E-state index contributed by atoms with van der Waals surface area (Å²) in [5, 5.41) is 5.69. The Morgan fingerprint density at radius 3 is 2.69 bits per heavy atom. The van der Waals surface area contributed by atoms with E-state index >= 15 is 0 Å². The molecule has 8 heteroatoms. The number of hydrogen-bond acceptors (Lipinski definition) is 6. The van der Waals surface area contributed by atoms with E-state index in [2.05, 4.69) is 15.6 Å². The molecule has 2 aromatic heterocycles. The van der Waals surface area contributed by atoms with Crippen LogP contribution in [-0.2, 0) is 14.3 Å². The van der Waals surface area contributed by atoms with Crippen LogP contribution < -0.4 is 10.6 Å². The fourth-order valence-corrected chi connectivity index (χ4v) is 2.78. The largest absolute Gasteiger partial charge is 0.463 e. The van der Waals surface area contributed by atoms with Crippen molar-refractivity contribution < 1.29 is 23.5 Å². The third-order valence-electron chi connectivity index (χ3n) is 4.17. The molecule has 1 atom stereocenters. The van der Waals surface area contributed by atoms with Crippen LogP contribution in [0.4, 0.5) is 0 Å². The third kappa shape index (κ3) is 4.78. The van der Waals surface area contributed by atoms with Gasteiger partial charge in [0.1, 0.15) is 11.7 Å². The average molecular weight is 395 g/mol. The molecule has 0 spiro atoms. The fraction of sp³-hybridized carbons (Fsp3) is 0.238. The molecule has 0 saturated carbocycles. The zero-order chi connectivity index (χ0) is 20.8. The number of fused-ring (bicyclic) bond motifs is 1. The van der Waals surface area contributed by atoms with Gasteiger partial charge < -0.3 is 19.8 Å². The van der Waals surface area contributed by atoms with E-state index in [4.69, 9.17) is 9.15 Å². The molecule has 29 heavy (non-hydrogen) atoms. The smallest absolute Gasteiger partial charge is 0.339 e. The maximum absolute atomic E-state index is 12.7. The summed E-state index contributed by atoms with van der Waals surface area (Å²) >= 11 is 0. The van der Waals surface area contributed by atoms with Gasteiger partial charge in [0.05, 0.1) is 17.3 Å². The van der Waals surface area contributed by atoms with Crippen LogP contribution in [0.25, 0.3) is 22.4 Å². The van der Waals surface area contributed by atoms with E-state index in [0.29, 0.717) is 28.9 Å². The molecule has 0 saturated heterocycles. The quantitative estimate of drug-likeness (QED) is 0.594. The zero-order valence-corrected chi connectivity index (χ0v) is 16.1. The highest BCUT2D eigenvalue weighted by Crippen LogP contribution is 2.25. The molecule has 3 aromatic rings. The van der Waals surface area contributed by atoms with Crippen LogP contribution in [-0.4, -0.2) is 42.0 Å². The lowest BCUT2D eigenvalue weighted by Gasteiger charge is -2.13. The van der Waals surface area contributed by atoms with Gasteiger partial charge in [-0.05, 0) is 38.1 Å². The number of aromatic nitrogens is 1. The van der Waals surface area contributed by atoms with Gasteiger partial charge in [0.25, 0.3) is 5.91 Å². The molecular formula is C21H21N3O5. The summed E-state index contributed by atoms with van der Waals surface area (Å²) in [4.78, 5) is 40.9. The minimum Gasteiger partial charge on any atom is -0.463 e. The van der Waals surface area contributed by atoms with E-state index in [1.165, 1.54) is 6.26 Å². The normalized spacial score (nSPS) is 11.7. The molecule has 1 aromatic carbocycles. The predicted octanol–water partition coefficient (Wildman–Crippen LogP) is 2.29. The maximum Gasteiger partial charge on any atom is 0.339 e. The molecule has 0 fully saturated rings. The van der Waals surface area contributed by atoms with Crippen molar-refractivity contribution in [3.8, 4) is 11.5 Å². The van der Waals surface area contributed by atoms with Crippen molar-refractivity contribution in [3.63, 3.8) is 0 Å². The molecule has 2 N–H and O–H groups in total. The number of carbonyl (C=O) groups excluding carboxylic acids is 3. The van der Waals surface area contributed by atoms with E-state index in [9.17, 15) is 14.4 Å². The van der Waals surface area contributed by atoms with E-state index in [0.717, 1.165) is 0 Å². The Balaban J connectivity index is 1.75. The highest BCUT2D eigenvalue weighted by Gasteiger charge is 2.19. The second-order valence-electron chi connectivity index (χ2n) is 6.31. The van der Waals surface area contributed by atoms with E-state index < -0.39 is 24.5 Å². The molecule has 0 aliphatic rings. The van der Waals surface area contributed by atoms with Crippen molar-refractivity contribution in [1.29, 1.82) is 0 Å². The standard InChI is InChI=1S/C21H21N3O5/c1-3-22-20(26)13(2)23-19(25)12-29-21(27)15-11-17(18-9-6-10-28-18)24-16-8-5-4-7-14(15)16/h4-11,13H,3,12H2,1-2H3,(H,22,26)(H,23,25)/t13-/m1/s1. The Bertz CT molecular complexity index is 1030. The first-order chi connectivity index (χ1) is 14.0. The van der Waals surface area contributed by atoms with Crippen LogP contribution in [0.15, 0.2) is 53.1 Å². The number of furan rings is 1. The summed E-state index contributed by atoms with van der Waals surface area (Å²) in [6.07, 6.45) is 1.52. The number of rotatable bonds is 7. The van der Waals surface area contributed by atoms with Gasteiger partial charge in [0.15, 0.2) is 12.4 Å². The SMILES string of the molecule is CCNC(=O)[C@@H](C)NC(=O)COC(=O)c1cc(-c2ccco2)nc2ccccc12. The number of ether oxygens (including phenoxy) is 1. The van der Waals surface area contributed by atoms with Crippen LogP contribution in [0.1, 0.15) is 24.2 Å². The van der Waals surface area contributed by atoms with E-state index in [1.807, 2.05) is 6.07 Å². The Labute approximate surface area is 167 Å². The molecule has 0 aliphatic carbocycles. The summed E-state index contributed by atoms with van der Waals surface area (Å²) in [6.45, 7) is 3.29. The van der Waals surface area contributed by atoms with Crippen LogP contribution in [0.2, 0.25) is 0 Å². The number of amides is 2. The zero-order valence-electron chi connectivity index (χ0n) is 16.1. The molecule has 0 aliphatic heterocycles. The van der Waals surface area contributed by atoms with Gasteiger partial charge in [0.2, 0.25) is 5.91 Å². The number of likely N-dealkylation sites (N-methyl/N-ethyl adjacent to an activating group) is 1. The molecule has 0 radical (unpaired) electrons. The lowest BCUT2D eigenvalue weighted by atomic mass is 10.1. The van der Waals surface area contributed by atoms with Crippen molar-refractivity contribution >= 4 is 28.7 Å². The third-order valence-corrected chi connectivity index (χ3v) is 4.17. The van der Waals surface area contributed by atoms with Gasteiger partial charge in [-0.2, -0.15) is 0 Å². The van der Waals surface area contributed by atoms with Gasteiger partial charge in [0, 0.05) is 11.9 Å². The second kappa shape index (κ2) is 9.01. The first-order valence-corrected chi connectivity index (χ1v) is 9.17. The van der Waals surface area contributed by atoms with Gasteiger partial charge in [-0.15, -0.1) is 0 Å². The summed E-state index contributed by atoms with van der Waals surface area (Å²) in [7, 11) is 0. The Morgan fingerprint density at radius 1 is 1.17 bits per heavy atom. The summed E-state index contributed by atoms with van der Waals surface area (Å²) in [5.41, 5.74) is 1.35. The molecule has 2 heterocycles. The minimum absolute atomic E-state index is 0.270. The molecule has 0 bridgehead atoms. The number of carbonyl (C=O) groups is 3. The Hall–Kier alpha value is -3.68. The van der Waals surface area contributed by atoms with Gasteiger partial charge >= 0.3 is 5.97 Å². The van der Waals surface area contributed by atoms with E-state index in [-0.39, 0.29) is 11.5 Å². The van der Waals surface area contributed by atoms with Crippen molar-refractivity contribution in [2.75, 3.05) is 13.2 Å². The highest BCUT2D eigenvalue weighted by atomic mass is 16.5. The molecular weight excluding hydrogens is 374 g/mol. The second-order valence-corrected chi connectivity index (χ2v) is 6.31. The molecule has 8 nitrogen and oxygen atoms in total. The monoisotopic (exact) mass is 395 g/mol. The highest BCUT2D eigenvalue weighted by molar-refractivity contribution is 6.05. The lowest BCUT2D eigenvalue weighted by Crippen LogP contribution is -2.46. The van der Waals surface area contributed by atoms with Crippen molar-refractivity contribution in [3.05, 3.63) is 54.3 Å². The molecule has 150 valence electrons. The first-order valence-electron chi connectivity index (χ1n) is 9.17. The fourth-order valence-electron chi connectivity index (χ4n) is 2.78. The topological polar surface area (TPSA) is 111 Å². The van der Waals surface area contributed by atoms with Crippen molar-refractivity contribution in [2.24, 2.45) is 0 Å². The number of nitrogens with one attached hydrogen (secondary N) is 2. The Kier molecular flexibility index (Phi) is 6.23. The number of benzene rings is 1. The lowest BCUT2D eigenvalue weighted by molar-refractivity contribution is -0.130. The molecule has 2 amide bonds. The van der Waals surface area contributed by atoms with E-state index in [1.54, 1.807) is 50.2 Å². The minimum atomic E-state index is -0.728. The van der Waals surface area contributed by atoms with Crippen LogP contribution in [0, 0.1) is 0 Å². The molecule has 3 rings (SSSR count). The number of esters is 1. The Morgan fingerprint density at radius 2 is 1.97 bits per heavy atom. The first kappa shape index (κ1) is 20.1. The number of para-hydroxylation sites is 1.